The molecule has 0 fully saturated rings. The van der Waals surface area contributed by atoms with E-state index in [1.807, 2.05) is 23.9 Å². The highest BCUT2D eigenvalue weighted by molar-refractivity contribution is 7.98. The van der Waals surface area contributed by atoms with Crippen LogP contribution in [0, 0.1) is 0 Å². The summed E-state index contributed by atoms with van der Waals surface area (Å²) in [5, 5.41) is 17.8. The van der Waals surface area contributed by atoms with Gasteiger partial charge in [-0.2, -0.15) is 11.8 Å². The van der Waals surface area contributed by atoms with Gasteiger partial charge in [0.25, 0.3) is 0 Å². The third-order valence-corrected chi connectivity index (χ3v) is 3.30. The van der Waals surface area contributed by atoms with E-state index < -0.39 is 7.12 Å². The Morgan fingerprint density at radius 2 is 1.94 bits per heavy atom. The first-order valence-electron chi connectivity index (χ1n) is 5.25. The van der Waals surface area contributed by atoms with Gasteiger partial charge in [-0.1, -0.05) is 24.3 Å². The Kier molecular flexibility index (Phi) is 6.56. The van der Waals surface area contributed by atoms with Crippen LogP contribution in [0.2, 0.25) is 0 Å². The molecule has 0 radical (unpaired) electrons. The van der Waals surface area contributed by atoms with Crippen LogP contribution in [0.4, 0.5) is 0 Å². The van der Waals surface area contributed by atoms with E-state index in [9.17, 15) is 0 Å². The molecular weight excluding hydrogens is 223 g/mol. The maximum atomic E-state index is 8.92. The predicted octanol–water partition coefficient (Wildman–Crippen LogP) is 0.636. The summed E-state index contributed by atoms with van der Waals surface area (Å²) in [5.74, 6) is 2.03. The molecule has 2 N–H and O–H groups in total. The molecule has 0 aliphatic heterocycles. The Hall–Kier alpha value is -0.485. The zero-order valence-corrected chi connectivity index (χ0v) is 10.2. The monoisotopic (exact) mass is 240 g/mol. The highest BCUT2D eigenvalue weighted by atomic mass is 32.2. The fourth-order valence-corrected chi connectivity index (χ4v) is 2.18. The summed E-state index contributed by atoms with van der Waals surface area (Å²) < 4.78 is 4.97. The summed E-state index contributed by atoms with van der Waals surface area (Å²) in [6.45, 7) is 0.808. The average molecular weight is 240 g/mol. The summed E-state index contributed by atoms with van der Waals surface area (Å²) in [6.07, 6.45) is 1.06. The number of hydrogen-bond donors (Lipinski definition) is 2. The molecule has 3 nitrogen and oxygen atoms in total. The van der Waals surface area contributed by atoms with Gasteiger partial charge in [-0.05, 0) is 23.2 Å². The Labute approximate surface area is 101 Å². The van der Waals surface area contributed by atoms with Crippen molar-refractivity contribution >= 4 is 24.3 Å². The summed E-state index contributed by atoms with van der Waals surface area (Å²) in [7, 11) is 0.340. The van der Waals surface area contributed by atoms with Crippen LogP contribution in [0.15, 0.2) is 24.3 Å². The third-order valence-electron chi connectivity index (χ3n) is 2.18. The lowest BCUT2D eigenvalue weighted by Crippen LogP contribution is -2.29. The summed E-state index contributed by atoms with van der Waals surface area (Å²) in [4.78, 5) is 0. The minimum atomic E-state index is -1.37. The smallest absolute Gasteiger partial charge is 0.423 e. The van der Waals surface area contributed by atoms with E-state index >= 15 is 0 Å². The molecule has 0 saturated heterocycles. The number of hydrogen-bond acceptors (Lipinski definition) is 4. The quantitative estimate of drug-likeness (QED) is 0.542. The first kappa shape index (κ1) is 13.6. The van der Waals surface area contributed by atoms with Crippen molar-refractivity contribution in [3.63, 3.8) is 0 Å². The molecule has 1 aromatic carbocycles. The third kappa shape index (κ3) is 5.03. The topological polar surface area (TPSA) is 49.7 Å². The minimum absolute atomic E-state index is 0.535. The second-order valence-corrected chi connectivity index (χ2v) is 4.62. The van der Waals surface area contributed by atoms with Gasteiger partial charge in [0.1, 0.15) is 0 Å². The van der Waals surface area contributed by atoms with E-state index in [-0.39, 0.29) is 0 Å². The maximum absolute atomic E-state index is 8.92. The summed E-state index contributed by atoms with van der Waals surface area (Å²) >= 11 is 1.86. The Balaban J connectivity index is 2.27. The molecule has 0 bridgehead atoms. The van der Waals surface area contributed by atoms with Crippen molar-refractivity contribution in [2.24, 2.45) is 0 Å². The minimum Gasteiger partial charge on any atom is -0.423 e. The van der Waals surface area contributed by atoms with Gasteiger partial charge in [0.2, 0.25) is 0 Å². The van der Waals surface area contributed by atoms with Gasteiger partial charge in [0, 0.05) is 19.5 Å². The van der Waals surface area contributed by atoms with E-state index in [2.05, 4.69) is 0 Å². The van der Waals surface area contributed by atoms with Gasteiger partial charge in [-0.3, -0.25) is 0 Å². The van der Waals surface area contributed by atoms with Crippen molar-refractivity contribution in [3.05, 3.63) is 29.8 Å². The van der Waals surface area contributed by atoms with Gasteiger partial charge in [0.15, 0.2) is 0 Å². The molecule has 0 aliphatic carbocycles. The molecule has 0 amide bonds. The van der Waals surface area contributed by atoms with Crippen molar-refractivity contribution in [2.45, 2.75) is 12.2 Å². The molecule has 1 rings (SSSR count). The molecule has 0 aromatic heterocycles. The average Bonchev–Trinajstić information content (AvgIpc) is 2.29. The predicted molar refractivity (Wildman–Crippen MR) is 68.9 cm³/mol. The maximum Gasteiger partial charge on any atom is 0.488 e. The molecule has 0 unspecified atom stereocenters. The van der Waals surface area contributed by atoms with Crippen molar-refractivity contribution in [1.82, 2.24) is 0 Å². The van der Waals surface area contributed by atoms with Crippen LogP contribution >= 0.6 is 11.8 Å². The summed E-state index contributed by atoms with van der Waals surface area (Å²) in [5.41, 5.74) is 1.74. The van der Waals surface area contributed by atoms with E-state index in [0.717, 1.165) is 24.5 Å². The molecule has 0 aliphatic rings. The van der Waals surface area contributed by atoms with Crippen LogP contribution in [-0.4, -0.2) is 36.6 Å². The van der Waals surface area contributed by atoms with Crippen molar-refractivity contribution in [1.29, 1.82) is 0 Å². The Morgan fingerprint density at radius 1 is 1.25 bits per heavy atom. The van der Waals surface area contributed by atoms with Gasteiger partial charge >= 0.3 is 7.12 Å². The van der Waals surface area contributed by atoms with Gasteiger partial charge in [-0.15, -0.1) is 0 Å². The second kappa shape index (κ2) is 7.73. The normalized spacial score (nSPS) is 10.4. The lowest BCUT2D eigenvalue weighted by atomic mass is 9.80. The highest BCUT2D eigenvalue weighted by Gasteiger charge is 2.09. The van der Waals surface area contributed by atoms with Gasteiger partial charge in [0.05, 0.1) is 0 Å². The Bertz CT molecular complexity index is 290. The van der Waals surface area contributed by atoms with Crippen molar-refractivity contribution < 1.29 is 14.8 Å². The molecule has 1 aromatic rings. The zero-order chi connectivity index (χ0) is 11.8. The number of ether oxygens (including phenoxy) is 1. The lowest BCUT2D eigenvalue weighted by Gasteiger charge is -2.03. The highest BCUT2D eigenvalue weighted by Crippen LogP contribution is 2.12. The number of benzene rings is 1. The standard InChI is InChI=1S/C11H17BO3S/c1-15-7-2-8-16-9-10-3-5-11(6-4-10)12(13)14/h3-6,13-14H,2,7-9H2,1H3. The van der Waals surface area contributed by atoms with Crippen LogP contribution in [-0.2, 0) is 10.5 Å². The van der Waals surface area contributed by atoms with E-state index in [1.165, 1.54) is 5.56 Å². The van der Waals surface area contributed by atoms with E-state index in [0.29, 0.717) is 5.46 Å². The molecule has 16 heavy (non-hydrogen) atoms. The van der Waals surface area contributed by atoms with E-state index in [1.54, 1.807) is 19.2 Å². The van der Waals surface area contributed by atoms with Crippen LogP contribution in [0.25, 0.3) is 0 Å². The molecule has 0 spiro atoms. The van der Waals surface area contributed by atoms with Crippen LogP contribution in [0.5, 0.6) is 0 Å². The van der Waals surface area contributed by atoms with Crippen LogP contribution in [0.1, 0.15) is 12.0 Å². The van der Waals surface area contributed by atoms with Crippen LogP contribution in [0.3, 0.4) is 0 Å². The largest absolute Gasteiger partial charge is 0.488 e. The first-order chi connectivity index (χ1) is 7.74. The molecule has 0 saturated carbocycles. The first-order valence-corrected chi connectivity index (χ1v) is 6.41. The number of rotatable bonds is 7. The van der Waals surface area contributed by atoms with Gasteiger partial charge < -0.3 is 14.8 Å². The molecular formula is C11H17BO3S. The number of methoxy groups -OCH3 is 1. The lowest BCUT2D eigenvalue weighted by molar-refractivity contribution is 0.200. The van der Waals surface area contributed by atoms with Crippen LogP contribution < -0.4 is 5.46 Å². The fourth-order valence-electron chi connectivity index (χ4n) is 1.28. The second-order valence-electron chi connectivity index (χ2n) is 3.51. The van der Waals surface area contributed by atoms with Crippen molar-refractivity contribution in [3.8, 4) is 0 Å². The Morgan fingerprint density at radius 3 is 2.50 bits per heavy atom. The molecule has 5 heteroatoms. The molecule has 88 valence electrons. The zero-order valence-electron chi connectivity index (χ0n) is 9.43. The SMILES string of the molecule is COCCCSCc1ccc(B(O)O)cc1. The number of thioether (sulfide) groups is 1. The molecule has 0 atom stereocenters. The summed E-state index contributed by atoms with van der Waals surface area (Å²) in [6, 6.07) is 7.35. The van der Waals surface area contributed by atoms with Gasteiger partial charge in [-0.25, -0.2) is 0 Å². The molecule has 0 heterocycles. The van der Waals surface area contributed by atoms with E-state index in [4.69, 9.17) is 14.8 Å². The van der Waals surface area contributed by atoms with Crippen molar-refractivity contribution in [2.75, 3.05) is 19.5 Å². The fraction of sp³-hybridized carbons (Fsp3) is 0.455.